The number of nitrogens with zero attached hydrogens (tertiary/aromatic N) is 3. The second kappa shape index (κ2) is 15.4. The molecule has 0 atom stereocenters. The molecule has 0 aliphatic carbocycles. The van der Waals surface area contributed by atoms with Crippen LogP contribution in [0.15, 0.2) is 224 Å². The molecule has 1 heterocycles. The Labute approximate surface area is 346 Å². The number of aryl methyl sites for hydroxylation is 2. The Morgan fingerprint density at radius 3 is 1.31 bits per heavy atom. The molecule has 10 aromatic rings. The highest BCUT2D eigenvalue weighted by molar-refractivity contribution is 6.16. The lowest BCUT2D eigenvalue weighted by Crippen LogP contribution is -2.10. The summed E-state index contributed by atoms with van der Waals surface area (Å²) in [6, 6.07) is 80.9. The maximum atomic E-state index is 2.41. The average Bonchev–Trinajstić information content (AvgIpc) is 3.64. The molecule has 0 saturated heterocycles. The molecule has 1 aromatic heterocycles. The van der Waals surface area contributed by atoms with Gasteiger partial charge in [-0.25, -0.2) is 0 Å². The number of hydrogen-bond acceptors (Lipinski definition) is 2. The van der Waals surface area contributed by atoms with Gasteiger partial charge in [-0.2, -0.15) is 0 Å². The Kier molecular flexibility index (Phi) is 9.32. The van der Waals surface area contributed by atoms with E-state index in [9.17, 15) is 0 Å². The molecule has 0 unspecified atom stereocenters. The number of benzene rings is 9. The molecule has 0 fully saturated rings. The second-order valence-electron chi connectivity index (χ2n) is 15.1. The van der Waals surface area contributed by atoms with Crippen LogP contribution in [0.1, 0.15) is 11.1 Å². The van der Waals surface area contributed by atoms with Gasteiger partial charge in [0.1, 0.15) is 0 Å². The summed E-state index contributed by atoms with van der Waals surface area (Å²) in [5, 5.41) is 2.41. The van der Waals surface area contributed by atoms with Crippen LogP contribution in [0.4, 0.5) is 34.1 Å². The molecule has 0 N–H and O–H groups in total. The molecule has 0 amide bonds. The first-order chi connectivity index (χ1) is 29.1. The summed E-state index contributed by atoms with van der Waals surface area (Å²) in [5.74, 6) is 0. The molecule has 10 rings (SSSR count). The Morgan fingerprint density at radius 1 is 0.322 bits per heavy atom. The van der Waals surface area contributed by atoms with Gasteiger partial charge < -0.3 is 14.4 Å². The topological polar surface area (TPSA) is 11.4 Å². The molecule has 0 bridgehead atoms. The summed E-state index contributed by atoms with van der Waals surface area (Å²) in [4.78, 5) is 4.73. The molecule has 0 spiro atoms. The van der Waals surface area contributed by atoms with Crippen LogP contribution in [0.3, 0.4) is 0 Å². The monoisotopic (exact) mass is 757 g/mol. The highest BCUT2D eigenvalue weighted by Crippen LogP contribution is 2.45. The van der Waals surface area contributed by atoms with E-state index in [4.69, 9.17) is 0 Å². The number of aromatic nitrogens is 1. The lowest BCUT2D eigenvalue weighted by atomic mass is 10.00. The SMILES string of the molecule is Cc1ccccc1-c1ccc(N(c2ccccc2)c2ccc(-n3c4ccccc4c4c(N(c5ccccc5)c5ccc(-c6ccccc6C)cc5)cccc43)cc2)cc1. The zero-order valence-corrected chi connectivity index (χ0v) is 33.2. The van der Waals surface area contributed by atoms with Gasteiger partial charge in [-0.15, -0.1) is 0 Å². The van der Waals surface area contributed by atoms with E-state index in [-0.39, 0.29) is 0 Å². The largest absolute Gasteiger partial charge is 0.311 e. The van der Waals surface area contributed by atoms with Gasteiger partial charge in [-0.1, -0.05) is 133 Å². The summed E-state index contributed by atoms with van der Waals surface area (Å²) in [5.41, 5.74) is 17.6. The van der Waals surface area contributed by atoms with E-state index in [1.807, 2.05) is 0 Å². The molecule has 0 radical (unpaired) electrons. The molecule has 59 heavy (non-hydrogen) atoms. The molecular weight excluding hydrogens is 715 g/mol. The van der Waals surface area contributed by atoms with Crippen molar-refractivity contribution in [1.29, 1.82) is 0 Å². The summed E-state index contributed by atoms with van der Waals surface area (Å²) in [6.07, 6.45) is 0. The zero-order valence-electron chi connectivity index (χ0n) is 33.2. The first-order valence-corrected chi connectivity index (χ1v) is 20.3. The van der Waals surface area contributed by atoms with Crippen LogP contribution in [-0.2, 0) is 0 Å². The minimum atomic E-state index is 1.09. The van der Waals surface area contributed by atoms with E-state index >= 15 is 0 Å². The van der Waals surface area contributed by atoms with Crippen LogP contribution in [0.5, 0.6) is 0 Å². The van der Waals surface area contributed by atoms with Crippen molar-refractivity contribution < 1.29 is 0 Å². The maximum absolute atomic E-state index is 2.41. The number of anilines is 6. The summed E-state index contributed by atoms with van der Waals surface area (Å²) >= 11 is 0. The van der Waals surface area contributed by atoms with Crippen LogP contribution < -0.4 is 9.80 Å². The van der Waals surface area contributed by atoms with Gasteiger partial charge in [-0.05, 0) is 138 Å². The maximum Gasteiger partial charge on any atom is 0.0562 e. The molecule has 282 valence electrons. The first kappa shape index (κ1) is 35.8. The van der Waals surface area contributed by atoms with Crippen LogP contribution in [0.2, 0.25) is 0 Å². The molecular formula is C56H43N3. The fourth-order valence-corrected chi connectivity index (χ4v) is 8.62. The van der Waals surface area contributed by atoms with Crippen LogP contribution in [0.25, 0.3) is 49.7 Å². The smallest absolute Gasteiger partial charge is 0.0562 e. The van der Waals surface area contributed by atoms with Crippen LogP contribution >= 0.6 is 0 Å². The summed E-state index contributed by atoms with van der Waals surface area (Å²) in [6.45, 7) is 4.35. The van der Waals surface area contributed by atoms with Crippen molar-refractivity contribution in [2.45, 2.75) is 13.8 Å². The van der Waals surface area contributed by atoms with Crippen LogP contribution in [0, 0.1) is 13.8 Å². The Morgan fingerprint density at radius 2 is 0.746 bits per heavy atom. The fraction of sp³-hybridized carbons (Fsp3) is 0.0357. The van der Waals surface area contributed by atoms with Gasteiger partial charge in [-0.3, -0.25) is 0 Å². The van der Waals surface area contributed by atoms with Gasteiger partial charge in [0, 0.05) is 44.9 Å². The minimum Gasteiger partial charge on any atom is -0.311 e. The fourth-order valence-electron chi connectivity index (χ4n) is 8.62. The highest BCUT2D eigenvalue weighted by atomic mass is 15.2. The average molecular weight is 758 g/mol. The van der Waals surface area contributed by atoms with Crippen molar-refractivity contribution in [3.63, 3.8) is 0 Å². The third kappa shape index (κ3) is 6.63. The van der Waals surface area contributed by atoms with Crippen molar-refractivity contribution in [2.24, 2.45) is 0 Å². The third-order valence-corrected chi connectivity index (χ3v) is 11.5. The molecule has 0 aliphatic rings. The third-order valence-electron chi connectivity index (χ3n) is 11.5. The van der Waals surface area contributed by atoms with E-state index < -0.39 is 0 Å². The number of rotatable bonds is 9. The normalized spacial score (nSPS) is 11.2. The lowest BCUT2D eigenvalue weighted by Gasteiger charge is -2.27. The van der Waals surface area contributed by atoms with E-state index in [0.29, 0.717) is 0 Å². The molecule has 0 saturated carbocycles. The second-order valence-corrected chi connectivity index (χ2v) is 15.1. The molecule has 0 aliphatic heterocycles. The number of fused-ring (bicyclic) bond motifs is 3. The molecule has 9 aromatic carbocycles. The molecule has 3 heteroatoms. The van der Waals surface area contributed by atoms with Crippen LogP contribution in [-0.4, -0.2) is 4.57 Å². The van der Waals surface area contributed by atoms with Crippen molar-refractivity contribution in [1.82, 2.24) is 4.57 Å². The molecule has 3 nitrogen and oxygen atoms in total. The highest BCUT2D eigenvalue weighted by Gasteiger charge is 2.21. The van der Waals surface area contributed by atoms with Gasteiger partial charge in [0.2, 0.25) is 0 Å². The van der Waals surface area contributed by atoms with Gasteiger partial charge in [0.05, 0.1) is 16.7 Å². The number of hydrogen-bond donors (Lipinski definition) is 0. The van der Waals surface area contributed by atoms with Crippen molar-refractivity contribution in [3.05, 3.63) is 236 Å². The summed E-state index contributed by atoms with van der Waals surface area (Å²) < 4.78 is 2.41. The quantitative estimate of drug-likeness (QED) is 0.145. The first-order valence-electron chi connectivity index (χ1n) is 20.3. The minimum absolute atomic E-state index is 1.09. The standard InChI is InChI=1S/C56H43N3/c1-40-16-9-11-22-50(40)42-28-32-46(33-29-42)57(44-18-5-3-6-19-44)47-36-38-49(39-37-47)59-53-25-14-13-24-52(53)56-54(26-15-27-55(56)59)58(45-20-7-4-8-21-45)48-34-30-43(31-35-48)51-23-12-10-17-41(51)2/h3-39H,1-2H3. The predicted octanol–water partition coefficient (Wildman–Crippen LogP) is 15.7. The van der Waals surface area contributed by atoms with Crippen molar-refractivity contribution >= 4 is 55.9 Å². The van der Waals surface area contributed by atoms with Crippen molar-refractivity contribution in [3.8, 4) is 27.9 Å². The van der Waals surface area contributed by atoms with Gasteiger partial charge >= 0.3 is 0 Å². The van der Waals surface area contributed by atoms with E-state index in [1.165, 1.54) is 44.2 Å². The Bertz CT molecular complexity index is 3040. The Hall–Kier alpha value is -7.62. The Balaban J connectivity index is 1.08. The summed E-state index contributed by atoms with van der Waals surface area (Å²) in [7, 11) is 0. The van der Waals surface area contributed by atoms with Gasteiger partial charge in [0.25, 0.3) is 0 Å². The van der Waals surface area contributed by atoms with E-state index in [2.05, 4.69) is 253 Å². The van der Waals surface area contributed by atoms with E-state index in [1.54, 1.807) is 0 Å². The lowest BCUT2D eigenvalue weighted by molar-refractivity contribution is 1.17. The van der Waals surface area contributed by atoms with Gasteiger partial charge in [0.15, 0.2) is 0 Å². The van der Waals surface area contributed by atoms with E-state index in [0.717, 1.165) is 50.8 Å². The van der Waals surface area contributed by atoms with Crippen molar-refractivity contribution in [2.75, 3.05) is 9.80 Å². The number of para-hydroxylation sites is 3. The zero-order chi connectivity index (χ0) is 39.7. The predicted molar refractivity (Wildman–Crippen MR) is 250 cm³/mol.